The largest absolute Gasteiger partial charge is 1.00 e. The molecule has 0 saturated carbocycles. The molecule has 65 heavy (non-hydrogen) atoms. The third-order valence-corrected chi connectivity index (χ3v) is 12.3. The molecular weight excluding hydrogens is 902 g/mol. The van der Waals surface area contributed by atoms with Crippen molar-refractivity contribution in [1.29, 1.82) is 0 Å². The van der Waals surface area contributed by atoms with Gasteiger partial charge in [0.2, 0.25) is 6.33 Å². The predicted molar refractivity (Wildman–Crippen MR) is 236 cm³/mol. The standard InChI is InChI=1S/C48H55F2N8O6.BrH/c1-6-45(34(4)59)58-47(61)57(30-52-58)41-10-8-39(9-11-41)54-17-19-55(20-18-54)40-12-14-42(15-13-40)62-26-37-24-48(63-27-37,43-16-7-38(49)23-44(43)50)28-56-31-53(29-51-56)25-36-21-32(2)46(33(3)22-36)64-35(5)60;/h7-16,21-23,29-31,34,37,45,59H,6,17-20,24-28H2,1-5H3;1H/q+1;/p-1/t34-,37+,45-,48-;/m0./s1. The Bertz CT molecular complexity index is 2620. The van der Waals surface area contributed by atoms with Crippen molar-refractivity contribution >= 4 is 17.3 Å². The van der Waals surface area contributed by atoms with Gasteiger partial charge in [-0.15, -0.1) is 4.68 Å². The molecule has 0 spiro atoms. The molecule has 0 unspecified atom stereocenters. The zero-order valence-corrected chi connectivity index (χ0v) is 38.8. The van der Waals surface area contributed by atoms with Crippen LogP contribution in [0.25, 0.3) is 5.69 Å². The molecule has 6 aromatic rings. The number of rotatable bonds is 15. The maximum atomic E-state index is 15.5. The molecule has 17 heteroatoms. The van der Waals surface area contributed by atoms with Gasteiger partial charge in [-0.3, -0.25) is 4.79 Å². The molecule has 4 heterocycles. The molecule has 0 radical (unpaired) electrons. The van der Waals surface area contributed by atoms with Gasteiger partial charge >= 0.3 is 11.7 Å². The van der Waals surface area contributed by atoms with Gasteiger partial charge in [0.1, 0.15) is 41.6 Å². The van der Waals surface area contributed by atoms with Crippen LogP contribution in [0.15, 0.2) is 103 Å². The van der Waals surface area contributed by atoms with Crippen LogP contribution in [0.3, 0.4) is 0 Å². The number of esters is 1. The highest BCUT2D eigenvalue weighted by molar-refractivity contribution is 5.70. The second kappa shape index (κ2) is 20.1. The van der Waals surface area contributed by atoms with E-state index in [0.29, 0.717) is 44.1 Å². The van der Waals surface area contributed by atoms with Crippen molar-refractivity contribution in [2.24, 2.45) is 5.92 Å². The Hall–Kier alpha value is -5.91. The summed E-state index contributed by atoms with van der Waals surface area (Å²) in [5, 5.41) is 19.0. The summed E-state index contributed by atoms with van der Waals surface area (Å²) in [6.45, 7) is 13.5. The molecule has 0 amide bonds. The number of halogens is 3. The maximum absolute atomic E-state index is 15.5. The molecule has 2 aromatic heterocycles. The molecule has 344 valence electrons. The quantitative estimate of drug-likeness (QED) is 0.0932. The number of aryl methyl sites for hydroxylation is 2. The van der Waals surface area contributed by atoms with Gasteiger partial charge in [0.05, 0.1) is 37.6 Å². The molecule has 2 saturated heterocycles. The van der Waals surface area contributed by atoms with Crippen molar-refractivity contribution in [3.63, 3.8) is 0 Å². The molecule has 0 aliphatic carbocycles. The molecule has 1 N–H and O–H groups in total. The molecule has 0 bridgehead atoms. The number of aliphatic hydroxyl groups is 1. The zero-order chi connectivity index (χ0) is 45.1. The lowest BCUT2D eigenvalue weighted by Gasteiger charge is -2.37. The Kier molecular flexibility index (Phi) is 14.5. The second-order valence-electron chi connectivity index (χ2n) is 17.0. The van der Waals surface area contributed by atoms with Gasteiger partial charge in [-0.05, 0) is 117 Å². The van der Waals surface area contributed by atoms with E-state index in [1.165, 1.54) is 34.6 Å². The van der Waals surface area contributed by atoms with Crippen LogP contribution >= 0.6 is 0 Å². The average Bonchev–Trinajstić information content (AvgIpc) is 4.00. The minimum Gasteiger partial charge on any atom is -1.00 e. The predicted octanol–water partition coefficient (Wildman–Crippen LogP) is 3.06. The first-order valence-corrected chi connectivity index (χ1v) is 21.8. The van der Waals surface area contributed by atoms with E-state index in [4.69, 9.17) is 14.2 Å². The summed E-state index contributed by atoms with van der Waals surface area (Å²) < 4.78 is 54.2. The molecule has 4 aromatic carbocycles. The number of anilines is 2. The molecule has 2 aliphatic rings. The van der Waals surface area contributed by atoms with Gasteiger partial charge < -0.3 is 46.1 Å². The van der Waals surface area contributed by atoms with Crippen molar-refractivity contribution in [2.45, 2.75) is 78.3 Å². The molecule has 4 atom stereocenters. The molecule has 2 fully saturated rings. The Balaban J connectivity index is 0.00000630. The van der Waals surface area contributed by atoms with Crippen molar-refractivity contribution in [2.75, 3.05) is 49.2 Å². The number of hydrogen-bond acceptors (Lipinski definition) is 10. The number of carbonyl (C=O) groups excluding carboxylic acids is 1. The summed E-state index contributed by atoms with van der Waals surface area (Å²) in [5.74, 6) is -0.499. The molecule has 8 rings (SSSR count). The first-order chi connectivity index (χ1) is 30.8. The van der Waals surface area contributed by atoms with E-state index in [-0.39, 0.29) is 52.7 Å². The summed E-state index contributed by atoms with van der Waals surface area (Å²) in [4.78, 5) is 29.3. The minimum absolute atomic E-state index is 0. The van der Waals surface area contributed by atoms with Gasteiger partial charge in [0, 0.05) is 67.1 Å². The number of aliphatic hydroxyl groups excluding tert-OH is 1. The fraction of sp³-hybridized carbons (Fsp3) is 0.396. The molecule has 14 nitrogen and oxygen atoms in total. The van der Waals surface area contributed by atoms with Crippen LogP contribution in [0.2, 0.25) is 0 Å². The van der Waals surface area contributed by atoms with Gasteiger partial charge in [0.25, 0.3) is 6.33 Å². The van der Waals surface area contributed by atoms with Gasteiger partial charge in [-0.2, -0.15) is 5.10 Å². The third kappa shape index (κ3) is 10.5. The van der Waals surface area contributed by atoms with E-state index in [9.17, 15) is 19.1 Å². The van der Waals surface area contributed by atoms with E-state index in [2.05, 4.69) is 32.1 Å². The SMILES string of the molecule is CC[C@@H]([C@H](C)O)n1ncn(-c2ccc(N3CCN(c4ccc(OC[C@@H]5CO[C@@](Cn6c[n+](Cc7cc(C)c(OC(C)=O)c(C)c7)cn6)(c6ccc(F)cc6F)C5)cc4)CC3)cc2)c1=O.[Br-]. The topological polar surface area (TPSA) is 133 Å². The Morgan fingerprint density at radius 1 is 0.938 bits per heavy atom. The number of piperazine rings is 1. The minimum atomic E-state index is -1.11. The van der Waals surface area contributed by atoms with Gasteiger partial charge in [0.15, 0.2) is 0 Å². The smallest absolute Gasteiger partial charge is 0.350 e. The number of aromatic nitrogens is 6. The monoisotopic (exact) mass is 956 g/mol. The van der Waals surface area contributed by atoms with Gasteiger partial charge in [-0.25, -0.2) is 27.4 Å². The lowest BCUT2D eigenvalue weighted by Crippen LogP contribution is -3.00. The molecule has 2 aliphatic heterocycles. The van der Waals surface area contributed by atoms with E-state index in [1.807, 2.05) is 80.2 Å². The summed E-state index contributed by atoms with van der Waals surface area (Å²) in [6.07, 6.45) is 5.38. The first-order valence-electron chi connectivity index (χ1n) is 21.8. The highest BCUT2D eigenvalue weighted by atomic mass is 79.9. The summed E-state index contributed by atoms with van der Waals surface area (Å²) in [7, 11) is 0. The zero-order valence-electron chi connectivity index (χ0n) is 37.2. The van der Waals surface area contributed by atoms with Crippen LogP contribution in [0.1, 0.15) is 61.9 Å². The van der Waals surface area contributed by atoms with Crippen LogP contribution in [-0.4, -0.2) is 80.7 Å². The summed E-state index contributed by atoms with van der Waals surface area (Å²) in [5.41, 5.74) is 4.48. The average molecular weight is 958 g/mol. The van der Waals surface area contributed by atoms with Crippen LogP contribution in [0, 0.1) is 31.4 Å². The highest BCUT2D eigenvalue weighted by Gasteiger charge is 2.46. The van der Waals surface area contributed by atoms with Crippen LogP contribution < -0.4 is 46.5 Å². The number of benzene rings is 4. The van der Waals surface area contributed by atoms with Crippen molar-refractivity contribution in [1.82, 2.24) is 24.1 Å². The molecular formula is C48H55BrF2N8O6. The maximum Gasteiger partial charge on any atom is 0.350 e. The van der Waals surface area contributed by atoms with Gasteiger partial charge in [-0.1, -0.05) is 13.0 Å². The number of nitrogens with zero attached hydrogens (tertiary/aromatic N) is 8. The Morgan fingerprint density at radius 3 is 2.17 bits per heavy atom. The lowest BCUT2D eigenvalue weighted by molar-refractivity contribution is -0.689. The van der Waals surface area contributed by atoms with Crippen LogP contribution in [0.4, 0.5) is 20.2 Å². The van der Waals surface area contributed by atoms with E-state index in [1.54, 1.807) is 17.9 Å². The number of ether oxygens (including phenoxy) is 3. The van der Waals surface area contributed by atoms with Crippen molar-refractivity contribution in [3.8, 4) is 17.2 Å². The van der Waals surface area contributed by atoms with Crippen LogP contribution in [-0.2, 0) is 28.2 Å². The lowest BCUT2D eigenvalue weighted by atomic mass is 9.87. The Morgan fingerprint density at radius 2 is 1.57 bits per heavy atom. The fourth-order valence-corrected chi connectivity index (χ4v) is 9.10. The van der Waals surface area contributed by atoms with Crippen molar-refractivity contribution < 1.29 is 54.4 Å². The van der Waals surface area contributed by atoms with Crippen molar-refractivity contribution in [3.05, 3.63) is 142 Å². The first kappa shape index (κ1) is 47.1. The number of carbonyl (C=O) groups is 1. The highest BCUT2D eigenvalue weighted by Crippen LogP contribution is 2.42. The second-order valence-corrected chi connectivity index (χ2v) is 17.0. The Labute approximate surface area is 387 Å². The summed E-state index contributed by atoms with van der Waals surface area (Å²) in [6, 6.07) is 23.1. The fourth-order valence-electron chi connectivity index (χ4n) is 9.10. The summed E-state index contributed by atoms with van der Waals surface area (Å²) >= 11 is 0. The van der Waals surface area contributed by atoms with E-state index in [0.717, 1.165) is 66.0 Å². The van der Waals surface area contributed by atoms with Crippen LogP contribution in [0.5, 0.6) is 11.5 Å². The van der Waals surface area contributed by atoms with E-state index >= 15 is 4.39 Å². The van der Waals surface area contributed by atoms with E-state index < -0.39 is 23.3 Å². The number of hydrogen-bond donors (Lipinski definition) is 1. The third-order valence-electron chi connectivity index (χ3n) is 12.3. The normalized spacial score (nSPS) is 18.3.